The summed E-state index contributed by atoms with van der Waals surface area (Å²) >= 11 is 0. The molecule has 2 rings (SSSR count). The minimum Gasteiger partial charge on any atom is -0.494 e. The van der Waals surface area contributed by atoms with Crippen molar-refractivity contribution in [2.45, 2.75) is 6.54 Å². The molecule has 1 aromatic heterocycles. The summed E-state index contributed by atoms with van der Waals surface area (Å²) in [5.74, 6) is -0.284. The molecule has 96 valence electrons. The average Bonchev–Trinajstić information content (AvgIpc) is 2.81. The highest BCUT2D eigenvalue weighted by molar-refractivity contribution is 5.69. The molecule has 0 spiro atoms. The van der Waals surface area contributed by atoms with E-state index in [-0.39, 0.29) is 5.75 Å². The Balaban J connectivity index is 2.26. The largest absolute Gasteiger partial charge is 0.494 e. The van der Waals surface area contributed by atoms with Crippen LogP contribution in [0.3, 0.4) is 0 Å². The second-order valence-corrected chi connectivity index (χ2v) is 4.03. The average molecular weight is 250 g/mol. The van der Waals surface area contributed by atoms with Gasteiger partial charge in [0.05, 0.1) is 31.0 Å². The van der Waals surface area contributed by atoms with Gasteiger partial charge in [0.15, 0.2) is 11.6 Å². The van der Waals surface area contributed by atoms with Crippen LogP contribution in [-0.4, -0.2) is 14.2 Å². The summed E-state index contributed by atoms with van der Waals surface area (Å²) in [5, 5.41) is 0. The Labute approximate surface area is 105 Å². The van der Waals surface area contributed by atoms with Crippen LogP contribution in [0, 0.1) is 5.82 Å². The lowest BCUT2D eigenvalue weighted by Crippen LogP contribution is -2.17. The first-order valence-corrected chi connectivity index (χ1v) is 5.47. The van der Waals surface area contributed by atoms with E-state index in [4.69, 9.17) is 14.9 Å². The number of benzene rings is 1. The highest BCUT2D eigenvalue weighted by Crippen LogP contribution is 2.31. The van der Waals surface area contributed by atoms with E-state index in [2.05, 4.69) is 0 Å². The molecule has 0 amide bonds. The minimum atomic E-state index is -0.463. The standard InChI is InChI=1S/C13H15FN2O2/c1-16(7-9-3-4-18-8-9)12-6-13(17-2)10(14)5-11(12)15/h3-6,8H,7,15H2,1-2H3. The third-order valence-corrected chi connectivity index (χ3v) is 2.71. The number of nitrogens with two attached hydrogens (primary N) is 1. The van der Waals surface area contributed by atoms with Crippen LogP contribution in [-0.2, 0) is 6.54 Å². The van der Waals surface area contributed by atoms with Crippen molar-refractivity contribution in [1.29, 1.82) is 0 Å². The molecule has 18 heavy (non-hydrogen) atoms. The predicted octanol–water partition coefficient (Wildman–Crippen LogP) is 2.65. The number of hydrogen-bond donors (Lipinski definition) is 1. The number of ether oxygens (including phenoxy) is 1. The molecular formula is C13H15FN2O2. The molecule has 2 aromatic rings. The second-order valence-electron chi connectivity index (χ2n) is 4.03. The van der Waals surface area contributed by atoms with Crippen molar-refractivity contribution < 1.29 is 13.5 Å². The first-order chi connectivity index (χ1) is 8.61. The predicted molar refractivity (Wildman–Crippen MR) is 68.2 cm³/mol. The van der Waals surface area contributed by atoms with Gasteiger partial charge < -0.3 is 19.8 Å². The maximum Gasteiger partial charge on any atom is 0.167 e. The van der Waals surface area contributed by atoms with Gasteiger partial charge in [0.2, 0.25) is 0 Å². The number of rotatable bonds is 4. The van der Waals surface area contributed by atoms with Gasteiger partial charge in [-0.15, -0.1) is 0 Å². The van der Waals surface area contributed by atoms with Gasteiger partial charge in [0, 0.05) is 31.3 Å². The smallest absolute Gasteiger partial charge is 0.167 e. The zero-order valence-corrected chi connectivity index (χ0v) is 10.3. The van der Waals surface area contributed by atoms with E-state index in [9.17, 15) is 4.39 Å². The van der Waals surface area contributed by atoms with Gasteiger partial charge in [-0.3, -0.25) is 0 Å². The molecule has 0 saturated carbocycles. The molecule has 2 N–H and O–H groups in total. The zero-order valence-electron chi connectivity index (χ0n) is 10.3. The highest BCUT2D eigenvalue weighted by atomic mass is 19.1. The molecule has 0 aliphatic carbocycles. The Morgan fingerprint density at radius 2 is 2.22 bits per heavy atom. The van der Waals surface area contributed by atoms with E-state index < -0.39 is 5.82 Å². The van der Waals surface area contributed by atoms with Crippen molar-refractivity contribution in [3.8, 4) is 5.75 Å². The van der Waals surface area contributed by atoms with Crippen LogP contribution in [0.5, 0.6) is 5.75 Å². The topological polar surface area (TPSA) is 51.6 Å². The van der Waals surface area contributed by atoms with Crippen molar-refractivity contribution in [1.82, 2.24) is 0 Å². The Bertz CT molecular complexity index is 526. The van der Waals surface area contributed by atoms with Crippen LogP contribution < -0.4 is 15.4 Å². The van der Waals surface area contributed by atoms with Crippen molar-refractivity contribution in [2.75, 3.05) is 24.8 Å². The first kappa shape index (κ1) is 12.3. The summed E-state index contributed by atoms with van der Waals surface area (Å²) in [4.78, 5) is 1.90. The van der Waals surface area contributed by atoms with Crippen LogP contribution in [0.2, 0.25) is 0 Å². The molecule has 0 unspecified atom stereocenters. The lowest BCUT2D eigenvalue weighted by Gasteiger charge is -2.21. The van der Waals surface area contributed by atoms with Gasteiger partial charge in [0.25, 0.3) is 0 Å². The molecule has 0 radical (unpaired) electrons. The lowest BCUT2D eigenvalue weighted by molar-refractivity contribution is 0.387. The van der Waals surface area contributed by atoms with E-state index in [0.717, 1.165) is 11.3 Å². The number of anilines is 2. The number of nitrogens with zero attached hydrogens (tertiary/aromatic N) is 1. The number of halogens is 1. The van der Waals surface area contributed by atoms with Crippen LogP contribution >= 0.6 is 0 Å². The highest BCUT2D eigenvalue weighted by Gasteiger charge is 2.12. The lowest BCUT2D eigenvalue weighted by atomic mass is 10.2. The Kier molecular flexibility index (Phi) is 3.41. The molecule has 1 heterocycles. The maximum absolute atomic E-state index is 13.4. The Hall–Kier alpha value is -2.17. The minimum absolute atomic E-state index is 0.179. The normalized spacial score (nSPS) is 10.4. The van der Waals surface area contributed by atoms with E-state index in [1.54, 1.807) is 18.6 Å². The van der Waals surface area contributed by atoms with Crippen LogP contribution in [0.15, 0.2) is 35.1 Å². The van der Waals surface area contributed by atoms with Crippen LogP contribution in [0.4, 0.5) is 15.8 Å². The summed E-state index contributed by atoms with van der Waals surface area (Å²) in [6, 6.07) is 4.72. The van der Waals surface area contributed by atoms with Crippen molar-refractivity contribution in [2.24, 2.45) is 0 Å². The zero-order chi connectivity index (χ0) is 13.1. The van der Waals surface area contributed by atoms with Crippen LogP contribution in [0.1, 0.15) is 5.56 Å². The molecule has 0 atom stereocenters. The third-order valence-electron chi connectivity index (χ3n) is 2.71. The second kappa shape index (κ2) is 5.00. The maximum atomic E-state index is 13.4. The molecule has 4 nitrogen and oxygen atoms in total. The number of furan rings is 1. The SMILES string of the molecule is COc1cc(N(C)Cc2ccoc2)c(N)cc1F. The van der Waals surface area contributed by atoms with E-state index in [0.29, 0.717) is 12.2 Å². The molecule has 0 aliphatic heterocycles. The van der Waals surface area contributed by atoms with Crippen molar-refractivity contribution >= 4 is 11.4 Å². The molecular weight excluding hydrogens is 235 g/mol. The summed E-state index contributed by atoms with van der Waals surface area (Å²) in [6.45, 7) is 0.621. The van der Waals surface area contributed by atoms with Crippen LogP contribution in [0.25, 0.3) is 0 Å². The van der Waals surface area contributed by atoms with Crippen molar-refractivity contribution in [3.05, 3.63) is 42.1 Å². The summed E-state index contributed by atoms with van der Waals surface area (Å²) in [6.07, 6.45) is 3.27. The summed E-state index contributed by atoms with van der Waals surface area (Å²) in [5.41, 5.74) is 7.92. The van der Waals surface area contributed by atoms with Crippen molar-refractivity contribution in [3.63, 3.8) is 0 Å². The fraction of sp³-hybridized carbons (Fsp3) is 0.231. The van der Waals surface area contributed by atoms with Gasteiger partial charge in [-0.2, -0.15) is 0 Å². The fourth-order valence-corrected chi connectivity index (χ4v) is 1.79. The van der Waals surface area contributed by atoms with Gasteiger partial charge >= 0.3 is 0 Å². The number of methoxy groups -OCH3 is 1. The molecule has 0 aliphatic rings. The Morgan fingerprint density at radius 3 is 2.83 bits per heavy atom. The summed E-state index contributed by atoms with van der Waals surface area (Å²) in [7, 11) is 3.30. The molecule has 5 heteroatoms. The first-order valence-electron chi connectivity index (χ1n) is 5.47. The van der Waals surface area contributed by atoms with Gasteiger partial charge in [-0.25, -0.2) is 4.39 Å². The third kappa shape index (κ3) is 2.40. The van der Waals surface area contributed by atoms with E-state index in [1.165, 1.54) is 13.2 Å². The molecule has 0 fully saturated rings. The monoisotopic (exact) mass is 250 g/mol. The fourth-order valence-electron chi connectivity index (χ4n) is 1.79. The quantitative estimate of drug-likeness (QED) is 0.847. The molecule has 0 bridgehead atoms. The number of hydrogen-bond acceptors (Lipinski definition) is 4. The summed E-state index contributed by atoms with van der Waals surface area (Å²) < 4.78 is 23.4. The van der Waals surface area contributed by atoms with E-state index in [1.807, 2.05) is 18.0 Å². The molecule has 1 aromatic carbocycles. The molecule has 0 saturated heterocycles. The van der Waals surface area contributed by atoms with Gasteiger partial charge in [0.1, 0.15) is 0 Å². The van der Waals surface area contributed by atoms with E-state index >= 15 is 0 Å². The van der Waals surface area contributed by atoms with Gasteiger partial charge in [-0.1, -0.05) is 0 Å². The van der Waals surface area contributed by atoms with Gasteiger partial charge in [-0.05, 0) is 6.07 Å². The Morgan fingerprint density at radius 1 is 1.44 bits per heavy atom. The number of nitrogen functional groups attached to an aromatic ring is 1.